The van der Waals surface area contributed by atoms with Crippen LogP contribution in [-0.2, 0) is 34.0 Å². The van der Waals surface area contributed by atoms with Crippen molar-refractivity contribution in [1.29, 1.82) is 0 Å². The molecule has 2 aliphatic heterocycles. The minimum Gasteiger partial charge on any atom is -0.543 e. The third-order valence-corrected chi connectivity index (χ3v) is 10.2. The molecule has 1 N–H and O–H groups in total. The number of aromatic nitrogens is 4. The second kappa shape index (κ2) is 14.4. The summed E-state index contributed by atoms with van der Waals surface area (Å²) in [5, 5.41) is 34.4. The number of aliphatic imine (C=N–C) groups is 1. The molecule has 5 rings (SSSR count). The van der Waals surface area contributed by atoms with E-state index in [1.54, 1.807) is 13.3 Å². The van der Waals surface area contributed by atoms with Crippen molar-refractivity contribution in [2.45, 2.75) is 75.5 Å². The van der Waals surface area contributed by atoms with Crippen molar-refractivity contribution >= 4 is 41.6 Å². The number of aromatic hydroxyl groups is 1. The molecule has 0 saturated carbocycles. The first-order chi connectivity index (χ1) is 22.3. The molecule has 3 aromatic rings. The Hall–Kier alpha value is -3.68. The number of fused-ring (bicyclic) bond motifs is 1. The van der Waals surface area contributed by atoms with Crippen LogP contribution in [0.1, 0.15) is 63.8 Å². The molecule has 13 heteroatoms. The molecule has 0 bridgehead atoms. The number of thioether (sulfide) groups is 2. The number of aliphatic carboxylic acids is 1. The van der Waals surface area contributed by atoms with E-state index in [0.717, 1.165) is 27.7 Å². The van der Waals surface area contributed by atoms with Crippen LogP contribution in [0.25, 0.3) is 0 Å². The maximum Gasteiger partial charge on any atom is 0.255 e. The number of carbonyl (C=O) groups excluding carboxylic acids is 2. The standard InChI is InChI=1S/C25H32N6O4S2.C10H16N/c1-24(2,3)15-8-13(9-16(19(15)32)25(4,5)6)10-26-17-20(33)31-18(22(34)35)14(11-36-21(17)31)12-37-23-27-28-29-30(23)7;1-11(2,3)9-10-7-5-4-6-8-10/h8-10,17,21,32H,11-12H2,1-7H3,(H,34,35);4-8H,9H2,1-3H3/q;+1/p-1/t17-,21-;/m1./s1. The van der Waals surface area contributed by atoms with Crippen LogP contribution in [0.4, 0.5) is 0 Å². The molecule has 0 aliphatic carbocycles. The highest BCUT2D eigenvalue weighted by atomic mass is 32.2. The van der Waals surface area contributed by atoms with Gasteiger partial charge >= 0.3 is 0 Å². The van der Waals surface area contributed by atoms with Gasteiger partial charge in [0.05, 0.1) is 32.8 Å². The van der Waals surface area contributed by atoms with E-state index >= 15 is 0 Å². The highest BCUT2D eigenvalue weighted by Gasteiger charge is 2.52. The first kappa shape index (κ1) is 37.1. The number of phenols is 1. The van der Waals surface area contributed by atoms with E-state index in [-0.39, 0.29) is 28.2 Å². The lowest BCUT2D eigenvalue weighted by Crippen LogP contribution is -2.65. The number of hydrogen-bond donors (Lipinski definition) is 1. The maximum atomic E-state index is 13.1. The molecule has 1 aromatic heterocycles. The number of carboxylic acids is 1. The van der Waals surface area contributed by atoms with Crippen LogP contribution in [0.15, 0.2) is 63.9 Å². The number of β-lactam (4-membered cyclic amide) rings is 1. The van der Waals surface area contributed by atoms with Crippen LogP contribution in [-0.4, -0.2) is 96.9 Å². The van der Waals surface area contributed by atoms with Gasteiger partial charge in [-0.25, -0.2) is 4.68 Å². The summed E-state index contributed by atoms with van der Waals surface area (Å²) in [6.07, 6.45) is 1.65. The molecule has 3 heterocycles. The first-order valence-corrected chi connectivity index (χ1v) is 17.8. The van der Waals surface area contributed by atoms with Gasteiger partial charge in [-0.1, -0.05) is 83.6 Å². The Morgan fingerprint density at radius 2 is 1.71 bits per heavy atom. The number of rotatable bonds is 8. The number of amides is 1. The van der Waals surface area contributed by atoms with E-state index in [0.29, 0.717) is 22.2 Å². The van der Waals surface area contributed by atoms with Gasteiger partial charge in [-0.3, -0.25) is 14.7 Å². The van der Waals surface area contributed by atoms with E-state index in [9.17, 15) is 19.8 Å². The monoisotopic (exact) mass is 693 g/mol. The fourth-order valence-corrected chi connectivity index (χ4v) is 7.76. The Labute approximate surface area is 292 Å². The second-order valence-electron chi connectivity index (χ2n) is 15.1. The lowest BCUT2D eigenvalue weighted by atomic mass is 9.78. The topological polar surface area (TPSA) is 137 Å². The van der Waals surface area contributed by atoms with Crippen molar-refractivity contribution in [3.63, 3.8) is 0 Å². The van der Waals surface area contributed by atoms with E-state index in [4.69, 9.17) is 0 Å². The number of carboxylic acid groups (broad SMARTS) is 1. The molecule has 2 aromatic carbocycles. The predicted octanol–water partition coefficient (Wildman–Crippen LogP) is 3.90. The van der Waals surface area contributed by atoms with Gasteiger partial charge in [0, 0.05) is 41.5 Å². The molecule has 1 fully saturated rings. The predicted molar refractivity (Wildman–Crippen MR) is 190 cm³/mol. The van der Waals surface area contributed by atoms with Crippen molar-refractivity contribution in [3.05, 3.63) is 76.0 Å². The number of nitrogens with zero attached hydrogens (tertiary/aromatic N) is 7. The molecule has 48 heavy (non-hydrogen) atoms. The highest BCUT2D eigenvalue weighted by Crippen LogP contribution is 2.43. The second-order valence-corrected chi connectivity index (χ2v) is 17.2. The summed E-state index contributed by atoms with van der Waals surface area (Å²) in [7, 11) is 8.31. The molecule has 2 aliphatic rings. The molecule has 11 nitrogen and oxygen atoms in total. The molecule has 1 saturated heterocycles. The Morgan fingerprint density at radius 1 is 1.10 bits per heavy atom. The zero-order valence-corrected chi connectivity index (χ0v) is 31.1. The van der Waals surface area contributed by atoms with Gasteiger partial charge in [0.2, 0.25) is 5.16 Å². The quantitative estimate of drug-likeness (QED) is 0.161. The summed E-state index contributed by atoms with van der Waals surface area (Å²) in [5.41, 5.74) is 3.71. The molecule has 0 unspecified atom stereocenters. The van der Waals surface area contributed by atoms with Crippen molar-refractivity contribution in [1.82, 2.24) is 25.1 Å². The Balaban J connectivity index is 0.000000401. The molecule has 2 atom stereocenters. The fourth-order valence-electron chi connectivity index (χ4n) is 5.43. The summed E-state index contributed by atoms with van der Waals surface area (Å²) in [4.78, 5) is 30.9. The van der Waals surface area contributed by atoms with Gasteiger partial charge in [0.1, 0.15) is 17.7 Å². The van der Waals surface area contributed by atoms with Crippen LogP contribution in [0, 0.1) is 0 Å². The summed E-state index contributed by atoms with van der Waals surface area (Å²) < 4.78 is 2.49. The van der Waals surface area contributed by atoms with Crippen molar-refractivity contribution < 1.29 is 24.3 Å². The Morgan fingerprint density at radius 3 is 2.21 bits per heavy atom. The van der Waals surface area contributed by atoms with Gasteiger partial charge in [-0.2, -0.15) is 0 Å². The number of aryl methyl sites for hydroxylation is 1. The molecule has 0 spiro atoms. The third-order valence-electron chi connectivity index (χ3n) is 7.80. The smallest absolute Gasteiger partial charge is 0.255 e. The molecule has 258 valence electrons. The van der Waals surface area contributed by atoms with Gasteiger partial charge in [0.15, 0.2) is 6.04 Å². The van der Waals surface area contributed by atoms with E-state index < -0.39 is 17.4 Å². The minimum absolute atomic E-state index is 0.0856. The van der Waals surface area contributed by atoms with Crippen molar-refractivity contribution in [2.24, 2.45) is 12.0 Å². The number of carbonyl (C=O) groups is 2. The Kier molecular flexibility index (Phi) is 11.2. The maximum absolute atomic E-state index is 13.1. The highest BCUT2D eigenvalue weighted by molar-refractivity contribution is 8.01. The number of hydrogen-bond acceptors (Lipinski definition) is 10. The van der Waals surface area contributed by atoms with E-state index in [1.807, 2.05) is 53.7 Å². The normalized spacial score (nSPS) is 18.4. The number of quaternary nitrogens is 1. The molecule has 0 radical (unpaired) electrons. The lowest BCUT2D eigenvalue weighted by Gasteiger charge is -2.49. The SMILES string of the molecule is C[N+](C)(C)Cc1ccccc1.Cn1nnnc1SCC1=C(C(=O)[O-])N2C(=O)[C@@H](N=Cc3cc(C(C)(C)C)c(O)c(C(C)(C)C)c3)[C@H]2SC1. The number of tetrazole rings is 1. The van der Waals surface area contributed by atoms with E-state index in [1.165, 1.54) is 38.7 Å². The van der Waals surface area contributed by atoms with Crippen LogP contribution in [0.5, 0.6) is 5.75 Å². The molecule has 1 amide bonds. The summed E-state index contributed by atoms with van der Waals surface area (Å²) >= 11 is 2.78. The number of benzene rings is 2. The van der Waals surface area contributed by atoms with Gasteiger partial charge in [-0.05, 0) is 44.5 Å². The third kappa shape index (κ3) is 8.86. The fraction of sp³-hybridized carbons (Fsp3) is 0.486. The average Bonchev–Trinajstić information content (AvgIpc) is 3.39. The first-order valence-electron chi connectivity index (χ1n) is 15.8. The van der Waals surface area contributed by atoms with Crippen molar-refractivity contribution in [3.8, 4) is 5.75 Å². The van der Waals surface area contributed by atoms with Crippen LogP contribution < -0.4 is 5.11 Å². The minimum atomic E-state index is -1.38. The molecular formula is C35H47N7O4S2. The summed E-state index contributed by atoms with van der Waals surface area (Å²) in [6.45, 7) is 13.3. The van der Waals surface area contributed by atoms with Crippen molar-refractivity contribution in [2.75, 3.05) is 32.6 Å². The van der Waals surface area contributed by atoms with Crippen LogP contribution >= 0.6 is 23.5 Å². The van der Waals surface area contributed by atoms with Gasteiger partial charge < -0.3 is 19.5 Å². The Bertz CT molecular complexity index is 1660. The van der Waals surface area contributed by atoms with Gasteiger partial charge in [-0.15, -0.1) is 16.9 Å². The number of phenolic OH excluding ortho intramolecular Hbond substituents is 1. The summed E-state index contributed by atoms with van der Waals surface area (Å²) in [5.74, 6) is -0.716. The largest absolute Gasteiger partial charge is 0.543 e. The van der Waals surface area contributed by atoms with Crippen LogP contribution in [0.2, 0.25) is 0 Å². The van der Waals surface area contributed by atoms with E-state index in [2.05, 4.69) is 72.0 Å². The molecular weight excluding hydrogens is 647 g/mol. The summed E-state index contributed by atoms with van der Waals surface area (Å²) in [6, 6.07) is 13.7. The average molecular weight is 694 g/mol. The lowest BCUT2D eigenvalue weighted by molar-refractivity contribution is -0.884. The van der Waals surface area contributed by atoms with Crippen LogP contribution in [0.3, 0.4) is 0 Å². The van der Waals surface area contributed by atoms with Gasteiger partial charge in [0.25, 0.3) is 5.91 Å². The zero-order valence-electron chi connectivity index (χ0n) is 29.5. The zero-order chi connectivity index (χ0) is 35.6.